The molecule has 0 amide bonds. The van der Waals surface area contributed by atoms with Gasteiger partial charge in [-0.05, 0) is 37.0 Å². The summed E-state index contributed by atoms with van der Waals surface area (Å²) in [7, 11) is 3.29. The Kier molecular flexibility index (Phi) is 2.80. The van der Waals surface area contributed by atoms with Gasteiger partial charge >= 0.3 is 0 Å². The maximum Gasteiger partial charge on any atom is 0.125 e. The molecule has 0 aliphatic heterocycles. The highest BCUT2D eigenvalue weighted by molar-refractivity contribution is 5.46. The van der Waals surface area contributed by atoms with Gasteiger partial charge in [-0.3, -0.25) is 0 Å². The van der Waals surface area contributed by atoms with Crippen molar-refractivity contribution in [2.24, 2.45) is 0 Å². The molecule has 1 fully saturated rings. The molecule has 0 spiro atoms. The van der Waals surface area contributed by atoms with Crippen LogP contribution >= 0.6 is 0 Å². The van der Waals surface area contributed by atoms with Crippen molar-refractivity contribution in [1.82, 2.24) is 0 Å². The van der Waals surface area contributed by atoms with E-state index in [9.17, 15) is 5.11 Å². The highest BCUT2D eigenvalue weighted by atomic mass is 16.5. The third-order valence-electron chi connectivity index (χ3n) is 3.24. The highest BCUT2D eigenvalue weighted by Crippen LogP contribution is 2.40. The molecule has 1 saturated carbocycles. The van der Waals surface area contributed by atoms with Gasteiger partial charge in [0.1, 0.15) is 11.5 Å². The van der Waals surface area contributed by atoms with E-state index in [1.807, 2.05) is 19.1 Å². The van der Waals surface area contributed by atoms with Gasteiger partial charge in [0.25, 0.3) is 0 Å². The number of benzene rings is 1. The van der Waals surface area contributed by atoms with Gasteiger partial charge in [0.2, 0.25) is 0 Å². The van der Waals surface area contributed by atoms with Crippen LogP contribution in [-0.2, 0) is 6.42 Å². The van der Waals surface area contributed by atoms with Crippen LogP contribution in [0.3, 0.4) is 0 Å². The minimum absolute atomic E-state index is 0.484. The Morgan fingerprint density at radius 1 is 1.25 bits per heavy atom. The first kappa shape index (κ1) is 11.3. The average Bonchev–Trinajstić information content (AvgIpc) is 2.99. The van der Waals surface area contributed by atoms with Crippen LogP contribution in [0, 0.1) is 6.92 Å². The van der Waals surface area contributed by atoms with E-state index in [1.54, 1.807) is 14.2 Å². The quantitative estimate of drug-likeness (QED) is 0.847. The minimum atomic E-state index is -0.484. The van der Waals surface area contributed by atoms with E-state index in [0.29, 0.717) is 6.42 Å². The molecule has 0 radical (unpaired) electrons. The maximum absolute atomic E-state index is 9.95. The van der Waals surface area contributed by atoms with Crippen LogP contribution in [0.4, 0.5) is 0 Å². The zero-order chi connectivity index (χ0) is 11.8. The third kappa shape index (κ3) is 2.14. The molecule has 88 valence electrons. The van der Waals surface area contributed by atoms with Gasteiger partial charge in [-0.15, -0.1) is 0 Å². The van der Waals surface area contributed by atoms with Crippen LogP contribution in [0.15, 0.2) is 12.1 Å². The summed E-state index contributed by atoms with van der Waals surface area (Å²) in [5.41, 5.74) is 1.71. The Bertz CT molecular complexity index is 394. The van der Waals surface area contributed by atoms with Gasteiger partial charge in [-0.2, -0.15) is 0 Å². The van der Waals surface area contributed by atoms with Gasteiger partial charge in [0, 0.05) is 12.5 Å². The SMILES string of the molecule is COc1cc(CC2(O)CC2)c(C)c(OC)c1. The van der Waals surface area contributed by atoms with Crippen LogP contribution in [0.5, 0.6) is 11.5 Å². The molecule has 1 aromatic carbocycles. The standard InChI is InChI=1S/C13H18O3/c1-9-10(8-13(14)4-5-13)6-11(15-2)7-12(9)16-3/h6-7,14H,4-5,8H2,1-3H3. The lowest BCUT2D eigenvalue weighted by molar-refractivity contribution is 0.150. The van der Waals surface area contributed by atoms with Gasteiger partial charge in [-0.1, -0.05) is 0 Å². The van der Waals surface area contributed by atoms with E-state index < -0.39 is 5.60 Å². The van der Waals surface area contributed by atoms with Crippen molar-refractivity contribution in [1.29, 1.82) is 0 Å². The first-order chi connectivity index (χ1) is 7.58. The average molecular weight is 222 g/mol. The summed E-state index contributed by atoms with van der Waals surface area (Å²) in [5.74, 6) is 1.60. The second kappa shape index (κ2) is 3.98. The number of ether oxygens (including phenoxy) is 2. The molecule has 0 aromatic heterocycles. The van der Waals surface area contributed by atoms with E-state index in [0.717, 1.165) is 35.5 Å². The number of methoxy groups -OCH3 is 2. The second-order valence-corrected chi connectivity index (χ2v) is 4.51. The van der Waals surface area contributed by atoms with Crippen molar-refractivity contribution < 1.29 is 14.6 Å². The topological polar surface area (TPSA) is 38.7 Å². The lowest BCUT2D eigenvalue weighted by atomic mass is 10.00. The Morgan fingerprint density at radius 3 is 2.44 bits per heavy atom. The molecular formula is C13H18O3. The largest absolute Gasteiger partial charge is 0.497 e. The summed E-state index contributed by atoms with van der Waals surface area (Å²) < 4.78 is 10.5. The van der Waals surface area contributed by atoms with Crippen LogP contribution in [-0.4, -0.2) is 24.9 Å². The first-order valence-electron chi connectivity index (χ1n) is 5.52. The Morgan fingerprint density at radius 2 is 1.94 bits per heavy atom. The zero-order valence-corrected chi connectivity index (χ0v) is 10.0. The Hall–Kier alpha value is -1.22. The maximum atomic E-state index is 9.95. The van der Waals surface area contributed by atoms with E-state index in [2.05, 4.69) is 0 Å². The molecule has 1 aliphatic carbocycles. The molecule has 1 N–H and O–H groups in total. The molecule has 1 aromatic rings. The monoisotopic (exact) mass is 222 g/mol. The predicted octanol–water partition coefficient (Wildman–Crippen LogP) is 2.08. The van der Waals surface area contributed by atoms with Crippen molar-refractivity contribution in [2.45, 2.75) is 31.8 Å². The Balaban J connectivity index is 2.34. The van der Waals surface area contributed by atoms with E-state index >= 15 is 0 Å². The molecule has 3 heteroatoms. The summed E-state index contributed by atoms with van der Waals surface area (Å²) in [6.07, 6.45) is 2.48. The van der Waals surface area contributed by atoms with E-state index in [1.165, 1.54) is 0 Å². The third-order valence-corrected chi connectivity index (χ3v) is 3.24. The molecule has 0 bridgehead atoms. The smallest absolute Gasteiger partial charge is 0.125 e. The van der Waals surface area contributed by atoms with Crippen molar-refractivity contribution in [3.63, 3.8) is 0 Å². The van der Waals surface area contributed by atoms with Crippen molar-refractivity contribution in [2.75, 3.05) is 14.2 Å². The summed E-state index contributed by atoms with van der Waals surface area (Å²) >= 11 is 0. The second-order valence-electron chi connectivity index (χ2n) is 4.51. The highest BCUT2D eigenvalue weighted by Gasteiger charge is 2.40. The molecule has 3 nitrogen and oxygen atoms in total. The summed E-state index contributed by atoms with van der Waals surface area (Å²) in [5, 5.41) is 9.95. The molecule has 16 heavy (non-hydrogen) atoms. The minimum Gasteiger partial charge on any atom is -0.497 e. The molecular weight excluding hydrogens is 204 g/mol. The fourth-order valence-electron chi connectivity index (χ4n) is 1.91. The van der Waals surface area contributed by atoms with Gasteiger partial charge < -0.3 is 14.6 Å². The van der Waals surface area contributed by atoms with E-state index in [4.69, 9.17) is 9.47 Å². The van der Waals surface area contributed by atoms with Gasteiger partial charge in [0.05, 0.1) is 19.8 Å². The molecule has 0 heterocycles. The van der Waals surface area contributed by atoms with Crippen LogP contribution < -0.4 is 9.47 Å². The van der Waals surface area contributed by atoms with Crippen molar-refractivity contribution in [3.05, 3.63) is 23.3 Å². The molecule has 2 rings (SSSR count). The fourth-order valence-corrected chi connectivity index (χ4v) is 1.91. The lowest BCUT2D eigenvalue weighted by Crippen LogP contribution is -2.12. The fraction of sp³-hybridized carbons (Fsp3) is 0.538. The Labute approximate surface area is 96.0 Å². The van der Waals surface area contributed by atoms with Crippen molar-refractivity contribution >= 4 is 0 Å². The number of hydrogen-bond acceptors (Lipinski definition) is 3. The first-order valence-corrected chi connectivity index (χ1v) is 5.52. The molecule has 0 atom stereocenters. The number of aliphatic hydroxyl groups is 1. The van der Waals surface area contributed by atoms with Crippen molar-refractivity contribution in [3.8, 4) is 11.5 Å². The van der Waals surface area contributed by atoms with Crippen LogP contribution in [0.2, 0.25) is 0 Å². The number of rotatable bonds is 4. The van der Waals surface area contributed by atoms with Crippen LogP contribution in [0.25, 0.3) is 0 Å². The molecule has 0 saturated heterocycles. The molecule has 1 aliphatic rings. The van der Waals surface area contributed by atoms with Gasteiger partial charge in [-0.25, -0.2) is 0 Å². The molecule has 0 unspecified atom stereocenters. The predicted molar refractivity (Wildman–Crippen MR) is 62.2 cm³/mol. The van der Waals surface area contributed by atoms with Crippen LogP contribution in [0.1, 0.15) is 24.0 Å². The zero-order valence-electron chi connectivity index (χ0n) is 10.0. The lowest BCUT2D eigenvalue weighted by Gasteiger charge is -2.15. The van der Waals surface area contributed by atoms with Gasteiger partial charge in [0.15, 0.2) is 0 Å². The summed E-state index contributed by atoms with van der Waals surface area (Å²) in [4.78, 5) is 0. The normalized spacial score (nSPS) is 17.0. The number of hydrogen-bond donors (Lipinski definition) is 1. The summed E-state index contributed by atoms with van der Waals surface area (Å²) in [6, 6.07) is 3.85. The summed E-state index contributed by atoms with van der Waals surface area (Å²) in [6.45, 7) is 2.01. The van der Waals surface area contributed by atoms with E-state index in [-0.39, 0.29) is 0 Å².